The van der Waals surface area contributed by atoms with Crippen LogP contribution in [0.3, 0.4) is 0 Å². The molecule has 0 saturated carbocycles. The summed E-state index contributed by atoms with van der Waals surface area (Å²) in [5, 5.41) is 0. The number of methoxy groups -OCH3 is 1. The minimum Gasteiger partial charge on any atom is -0.484 e. The molecule has 0 radical (unpaired) electrons. The van der Waals surface area contributed by atoms with E-state index in [0.29, 0.717) is 30.0 Å². The number of carbonyl (C=O) groups excluding carboxylic acids is 2. The second-order valence-electron chi connectivity index (χ2n) is 4.91. The number of ketones is 1. The Kier molecular flexibility index (Phi) is 4.40. The molecule has 5 heteroatoms. The van der Waals surface area contributed by atoms with Gasteiger partial charge in [-0.15, -0.1) is 0 Å². The first-order valence-electron chi connectivity index (χ1n) is 7.18. The van der Waals surface area contributed by atoms with Gasteiger partial charge in [0.05, 0.1) is 13.0 Å². The van der Waals surface area contributed by atoms with Gasteiger partial charge in [-0.2, -0.15) is 4.99 Å². The maximum Gasteiger partial charge on any atom is 0.253 e. The largest absolute Gasteiger partial charge is 0.484 e. The van der Waals surface area contributed by atoms with E-state index in [9.17, 15) is 9.59 Å². The Morgan fingerprint density at radius 2 is 1.90 bits per heavy atom. The standard InChI is InChI=1S/C14H14N2O3.C2H6/c1-19-12-6-10(14(18)16-12)9-5-8-7(13(9)17)3-2-4-11(8)15;1-2/h2-4,9-10H,5-6,15H2,1H3;1-2H3. The van der Waals surface area contributed by atoms with Gasteiger partial charge in [-0.3, -0.25) is 9.59 Å². The number of hydrogen-bond donors (Lipinski definition) is 1. The zero-order chi connectivity index (χ0) is 15.6. The van der Waals surface area contributed by atoms with Crippen molar-refractivity contribution in [3.8, 4) is 0 Å². The summed E-state index contributed by atoms with van der Waals surface area (Å²) in [6, 6.07) is 5.32. The number of nitrogens with zero attached hydrogens (tertiary/aromatic N) is 1. The number of aliphatic imine (C=N–C) groups is 1. The summed E-state index contributed by atoms with van der Waals surface area (Å²) in [5.74, 6) is -0.626. The number of nitrogens with two attached hydrogens (primary N) is 1. The molecule has 1 aliphatic heterocycles. The predicted molar refractivity (Wildman–Crippen MR) is 81.3 cm³/mol. The third kappa shape index (κ3) is 2.55. The summed E-state index contributed by atoms with van der Waals surface area (Å²) in [4.78, 5) is 28.1. The quantitative estimate of drug-likeness (QED) is 0.803. The number of fused-ring (bicyclic) bond motifs is 1. The van der Waals surface area contributed by atoms with Crippen LogP contribution in [0, 0.1) is 11.8 Å². The Bertz CT molecular complexity index is 608. The van der Waals surface area contributed by atoms with Gasteiger partial charge in [0.2, 0.25) is 0 Å². The third-order valence-corrected chi connectivity index (χ3v) is 3.91. The Hall–Kier alpha value is -2.17. The normalized spacial score (nSPS) is 23.3. The van der Waals surface area contributed by atoms with Gasteiger partial charge in [0.25, 0.3) is 5.91 Å². The monoisotopic (exact) mass is 288 g/mol. The minimum atomic E-state index is -0.408. The molecule has 2 aliphatic rings. The maximum atomic E-state index is 12.4. The van der Waals surface area contributed by atoms with E-state index in [1.807, 2.05) is 13.8 Å². The number of ether oxygens (including phenoxy) is 1. The highest BCUT2D eigenvalue weighted by atomic mass is 16.5. The van der Waals surface area contributed by atoms with Crippen molar-refractivity contribution in [2.24, 2.45) is 16.8 Å². The number of anilines is 1. The summed E-state index contributed by atoms with van der Waals surface area (Å²) < 4.78 is 5.00. The van der Waals surface area contributed by atoms with Crippen molar-refractivity contribution in [2.45, 2.75) is 26.7 Å². The number of benzene rings is 1. The number of hydrogen-bond acceptors (Lipinski definition) is 4. The van der Waals surface area contributed by atoms with E-state index < -0.39 is 5.92 Å². The van der Waals surface area contributed by atoms with E-state index >= 15 is 0 Å². The lowest BCUT2D eigenvalue weighted by molar-refractivity contribution is -0.121. The lowest BCUT2D eigenvalue weighted by Crippen LogP contribution is -2.25. The molecule has 1 heterocycles. The first-order chi connectivity index (χ1) is 10.1. The van der Waals surface area contributed by atoms with Crippen LogP contribution in [-0.4, -0.2) is 24.7 Å². The van der Waals surface area contributed by atoms with E-state index in [2.05, 4.69) is 4.99 Å². The van der Waals surface area contributed by atoms with Crippen molar-refractivity contribution in [1.82, 2.24) is 0 Å². The molecule has 1 amide bonds. The Balaban J connectivity index is 0.000000774. The molecule has 0 fully saturated rings. The van der Waals surface area contributed by atoms with Crippen LogP contribution in [0.15, 0.2) is 23.2 Å². The number of Topliss-reactive ketones (excluding diaryl/α,β-unsaturated/α-hetero) is 1. The number of nitrogen functional groups attached to an aromatic ring is 1. The SMILES string of the molecule is CC.COC1=NC(=O)C(C2Cc3c(N)cccc3C2=O)C1. The highest BCUT2D eigenvalue weighted by molar-refractivity contribution is 6.08. The van der Waals surface area contributed by atoms with Gasteiger partial charge in [0.1, 0.15) is 0 Å². The van der Waals surface area contributed by atoms with Gasteiger partial charge in [0.15, 0.2) is 11.7 Å². The average molecular weight is 288 g/mol. The fourth-order valence-electron chi connectivity index (χ4n) is 2.87. The predicted octanol–water partition coefficient (Wildman–Crippen LogP) is 2.24. The zero-order valence-electron chi connectivity index (χ0n) is 12.6. The molecule has 0 saturated heterocycles. The number of amides is 1. The van der Waals surface area contributed by atoms with Crippen LogP contribution in [0.1, 0.15) is 36.2 Å². The molecule has 2 atom stereocenters. The molecule has 3 rings (SSSR count). The first kappa shape index (κ1) is 15.2. The first-order valence-corrected chi connectivity index (χ1v) is 7.18. The highest BCUT2D eigenvalue weighted by Gasteiger charge is 2.43. The van der Waals surface area contributed by atoms with E-state index in [4.69, 9.17) is 10.5 Å². The van der Waals surface area contributed by atoms with Crippen molar-refractivity contribution >= 4 is 23.3 Å². The van der Waals surface area contributed by atoms with Gasteiger partial charge < -0.3 is 10.5 Å². The van der Waals surface area contributed by atoms with Gasteiger partial charge in [-0.25, -0.2) is 0 Å². The van der Waals surface area contributed by atoms with Crippen LogP contribution in [0.4, 0.5) is 5.69 Å². The molecule has 0 spiro atoms. The molecular weight excluding hydrogens is 268 g/mol. The molecule has 112 valence electrons. The zero-order valence-corrected chi connectivity index (χ0v) is 12.6. The summed E-state index contributed by atoms with van der Waals surface area (Å²) in [7, 11) is 1.48. The third-order valence-electron chi connectivity index (χ3n) is 3.91. The van der Waals surface area contributed by atoms with Crippen molar-refractivity contribution in [3.05, 3.63) is 29.3 Å². The molecule has 5 nitrogen and oxygen atoms in total. The molecule has 1 aromatic carbocycles. The van der Waals surface area contributed by atoms with Gasteiger partial charge in [0, 0.05) is 23.6 Å². The van der Waals surface area contributed by atoms with Crippen molar-refractivity contribution < 1.29 is 14.3 Å². The fourth-order valence-corrected chi connectivity index (χ4v) is 2.87. The molecule has 1 aromatic rings. The minimum absolute atomic E-state index is 0.00629. The van der Waals surface area contributed by atoms with Gasteiger partial charge in [-0.05, 0) is 18.1 Å². The molecular formula is C16H20N2O3. The van der Waals surface area contributed by atoms with Crippen LogP contribution in [0.2, 0.25) is 0 Å². The van der Waals surface area contributed by atoms with Crippen molar-refractivity contribution in [2.75, 3.05) is 12.8 Å². The number of rotatable bonds is 1. The molecule has 21 heavy (non-hydrogen) atoms. The summed E-state index contributed by atoms with van der Waals surface area (Å²) in [6.45, 7) is 4.00. The Labute approximate surface area is 124 Å². The van der Waals surface area contributed by atoms with Crippen LogP contribution in [0.5, 0.6) is 0 Å². The molecule has 2 N–H and O–H groups in total. The van der Waals surface area contributed by atoms with Crippen LogP contribution >= 0.6 is 0 Å². The highest BCUT2D eigenvalue weighted by Crippen LogP contribution is 2.38. The molecule has 2 unspecified atom stereocenters. The summed E-state index contributed by atoms with van der Waals surface area (Å²) in [5.41, 5.74) is 8.01. The van der Waals surface area contributed by atoms with Gasteiger partial charge in [-0.1, -0.05) is 26.0 Å². The van der Waals surface area contributed by atoms with Gasteiger partial charge >= 0.3 is 0 Å². The van der Waals surface area contributed by atoms with Crippen molar-refractivity contribution in [3.63, 3.8) is 0 Å². The second-order valence-corrected chi connectivity index (χ2v) is 4.91. The van der Waals surface area contributed by atoms with E-state index in [1.54, 1.807) is 18.2 Å². The topological polar surface area (TPSA) is 81.8 Å². The molecule has 0 bridgehead atoms. The fraction of sp³-hybridized carbons (Fsp3) is 0.438. The Morgan fingerprint density at radius 3 is 2.48 bits per heavy atom. The lowest BCUT2D eigenvalue weighted by atomic mass is 9.87. The maximum absolute atomic E-state index is 12.4. The average Bonchev–Trinajstić information content (AvgIpc) is 3.03. The van der Waals surface area contributed by atoms with Crippen LogP contribution in [-0.2, 0) is 16.0 Å². The molecule has 1 aliphatic carbocycles. The van der Waals surface area contributed by atoms with Crippen LogP contribution in [0.25, 0.3) is 0 Å². The number of carbonyl (C=O) groups is 2. The van der Waals surface area contributed by atoms with E-state index in [0.717, 1.165) is 5.56 Å². The Morgan fingerprint density at radius 1 is 1.19 bits per heavy atom. The van der Waals surface area contributed by atoms with Crippen molar-refractivity contribution in [1.29, 1.82) is 0 Å². The van der Waals surface area contributed by atoms with E-state index in [-0.39, 0.29) is 17.6 Å². The van der Waals surface area contributed by atoms with E-state index in [1.165, 1.54) is 7.11 Å². The smallest absolute Gasteiger partial charge is 0.253 e. The molecule has 0 aromatic heterocycles. The second kappa shape index (κ2) is 6.08. The summed E-state index contributed by atoms with van der Waals surface area (Å²) >= 11 is 0. The lowest BCUT2D eigenvalue weighted by Gasteiger charge is -2.13. The van der Waals surface area contributed by atoms with Crippen LogP contribution < -0.4 is 5.73 Å². The summed E-state index contributed by atoms with van der Waals surface area (Å²) in [6.07, 6.45) is 0.920.